The van der Waals surface area contributed by atoms with Crippen LogP contribution >= 0.6 is 15.9 Å². The zero-order valence-electron chi connectivity index (χ0n) is 11.7. The molecule has 110 valence electrons. The number of nitrogens with two attached hydrogens (primary N) is 1. The molecule has 5 heteroatoms. The smallest absolute Gasteiger partial charge is 0.125 e. The van der Waals surface area contributed by atoms with Gasteiger partial charge in [-0.05, 0) is 49.4 Å². The molecule has 0 amide bonds. The maximum absolute atomic E-state index is 5.94. The van der Waals surface area contributed by atoms with Gasteiger partial charge in [-0.3, -0.25) is 11.3 Å². The van der Waals surface area contributed by atoms with Crippen LogP contribution in [0.4, 0.5) is 0 Å². The highest BCUT2D eigenvalue weighted by Crippen LogP contribution is 2.34. The first-order chi connectivity index (χ1) is 9.67. The van der Waals surface area contributed by atoms with Gasteiger partial charge in [0.05, 0.1) is 24.9 Å². The number of hydrazine groups is 1. The average molecular weight is 341 g/mol. The van der Waals surface area contributed by atoms with E-state index in [1.165, 1.54) is 11.1 Å². The fourth-order valence-corrected chi connectivity index (χ4v) is 3.71. The summed E-state index contributed by atoms with van der Waals surface area (Å²) in [5, 5.41) is 0. The Labute approximate surface area is 128 Å². The molecular weight excluding hydrogens is 320 g/mol. The van der Waals surface area contributed by atoms with E-state index in [4.69, 9.17) is 15.3 Å². The van der Waals surface area contributed by atoms with Gasteiger partial charge in [0, 0.05) is 10.9 Å². The first kappa shape index (κ1) is 14.3. The van der Waals surface area contributed by atoms with Crippen molar-refractivity contribution < 1.29 is 9.47 Å². The standard InChI is InChI=1S/C15H21BrN2O2/c1-9-2-3-14(20-9)13(18-17)8-11-7-12(16)6-10-4-5-19-15(10)11/h6-7,9,13-14,18H,2-5,8,17H2,1H3. The van der Waals surface area contributed by atoms with Crippen LogP contribution in [0.1, 0.15) is 30.9 Å². The average Bonchev–Trinajstić information content (AvgIpc) is 3.04. The molecule has 0 saturated carbocycles. The maximum atomic E-state index is 5.94. The Hall–Kier alpha value is -0.620. The molecule has 2 aliphatic heterocycles. The summed E-state index contributed by atoms with van der Waals surface area (Å²) in [5.41, 5.74) is 5.42. The molecule has 0 spiro atoms. The Morgan fingerprint density at radius 3 is 3.00 bits per heavy atom. The maximum Gasteiger partial charge on any atom is 0.125 e. The number of hydrogen-bond donors (Lipinski definition) is 2. The molecule has 0 aliphatic carbocycles. The van der Waals surface area contributed by atoms with E-state index in [1.807, 2.05) is 0 Å². The van der Waals surface area contributed by atoms with Gasteiger partial charge >= 0.3 is 0 Å². The lowest BCUT2D eigenvalue weighted by Gasteiger charge is -2.23. The van der Waals surface area contributed by atoms with Gasteiger partial charge in [-0.2, -0.15) is 0 Å². The van der Waals surface area contributed by atoms with Crippen molar-refractivity contribution in [1.82, 2.24) is 5.43 Å². The largest absolute Gasteiger partial charge is 0.493 e. The van der Waals surface area contributed by atoms with E-state index in [0.717, 1.165) is 42.5 Å². The van der Waals surface area contributed by atoms with Crippen molar-refractivity contribution in [2.75, 3.05) is 6.61 Å². The van der Waals surface area contributed by atoms with Gasteiger partial charge in [0.25, 0.3) is 0 Å². The number of hydrogen-bond acceptors (Lipinski definition) is 4. The molecule has 3 N–H and O–H groups in total. The monoisotopic (exact) mass is 340 g/mol. The van der Waals surface area contributed by atoms with Crippen LogP contribution < -0.4 is 16.0 Å². The summed E-state index contributed by atoms with van der Waals surface area (Å²) >= 11 is 3.58. The molecule has 1 aromatic carbocycles. The van der Waals surface area contributed by atoms with Gasteiger partial charge in [-0.15, -0.1) is 0 Å². The molecule has 2 aliphatic rings. The molecule has 3 atom stereocenters. The normalized spacial score (nSPS) is 26.4. The molecule has 3 unspecified atom stereocenters. The number of fused-ring (bicyclic) bond motifs is 1. The molecule has 0 aromatic heterocycles. The lowest BCUT2D eigenvalue weighted by molar-refractivity contribution is 0.0319. The molecule has 1 saturated heterocycles. The first-order valence-electron chi connectivity index (χ1n) is 7.23. The number of ether oxygens (including phenoxy) is 2. The van der Waals surface area contributed by atoms with Crippen molar-refractivity contribution in [2.24, 2.45) is 5.84 Å². The minimum Gasteiger partial charge on any atom is -0.493 e. The van der Waals surface area contributed by atoms with E-state index in [9.17, 15) is 0 Å². The first-order valence-corrected chi connectivity index (χ1v) is 8.02. The van der Waals surface area contributed by atoms with Gasteiger partial charge in [-0.25, -0.2) is 0 Å². The number of nitrogens with one attached hydrogen (secondary N) is 1. The highest BCUT2D eigenvalue weighted by molar-refractivity contribution is 9.10. The summed E-state index contributed by atoms with van der Waals surface area (Å²) in [4.78, 5) is 0. The summed E-state index contributed by atoms with van der Waals surface area (Å²) in [6.07, 6.45) is 4.50. The molecule has 1 aromatic rings. The molecule has 0 radical (unpaired) electrons. The van der Waals surface area contributed by atoms with E-state index in [2.05, 4.69) is 40.4 Å². The van der Waals surface area contributed by atoms with Gasteiger partial charge in [0.15, 0.2) is 0 Å². The third-order valence-electron chi connectivity index (χ3n) is 4.19. The predicted molar refractivity (Wildman–Crippen MR) is 81.7 cm³/mol. The van der Waals surface area contributed by atoms with Crippen molar-refractivity contribution >= 4 is 15.9 Å². The number of rotatable bonds is 4. The summed E-state index contributed by atoms with van der Waals surface area (Å²) < 4.78 is 12.8. The van der Waals surface area contributed by atoms with Crippen LogP contribution in [-0.2, 0) is 17.6 Å². The van der Waals surface area contributed by atoms with E-state index < -0.39 is 0 Å². The van der Waals surface area contributed by atoms with Crippen LogP contribution in [0.2, 0.25) is 0 Å². The zero-order valence-corrected chi connectivity index (χ0v) is 13.3. The van der Waals surface area contributed by atoms with Gasteiger partial charge in [0.2, 0.25) is 0 Å². The zero-order chi connectivity index (χ0) is 14.1. The second-order valence-electron chi connectivity index (χ2n) is 5.69. The molecule has 2 heterocycles. The van der Waals surface area contributed by atoms with E-state index in [0.29, 0.717) is 6.10 Å². The summed E-state index contributed by atoms with van der Waals surface area (Å²) in [6, 6.07) is 4.40. The molecule has 1 fully saturated rings. The molecular formula is C15H21BrN2O2. The summed E-state index contributed by atoms with van der Waals surface area (Å²) in [6.45, 7) is 2.89. The van der Waals surface area contributed by atoms with Crippen LogP contribution in [0.3, 0.4) is 0 Å². The lowest BCUT2D eigenvalue weighted by Crippen LogP contribution is -2.45. The quantitative estimate of drug-likeness (QED) is 0.652. The highest BCUT2D eigenvalue weighted by Gasteiger charge is 2.30. The van der Waals surface area contributed by atoms with E-state index >= 15 is 0 Å². The van der Waals surface area contributed by atoms with E-state index in [-0.39, 0.29) is 12.1 Å². The van der Waals surface area contributed by atoms with Crippen molar-refractivity contribution in [3.8, 4) is 5.75 Å². The SMILES string of the molecule is CC1CCC(C(Cc2cc(Br)cc3c2OCC3)NN)O1. The van der Waals surface area contributed by atoms with Crippen molar-refractivity contribution in [3.05, 3.63) is 27.7 Å². The van der Waals surface area contributed by atoms with E-state index in [1.54, 1.807) is 0 Å². The van der Waals surface area contributed by atoms with Crippen molar-refractivity contribution in [2.45, 2.75) is 50.9 Å². The minimum absolute atomic E-state index is 0.127. The van der Waals surface area contributed by atoms with Crippen molar-refractivity contribution in [1.29, 1.82) is 0 Å². The molecule has 0 bridgehead atoms. The van der Waals surface area contributed by atoms with Gasteiger partial charge < -0.3 is 9.47 Å². The molecule has 20 heavy (non-hydrogen) atoms. The van der Waals surface area contributed by atoms with Crippen molar-refractivity contribution in [3.63, 3.8) is 0 Å². The Balaban J connectivity index is 1.79. The van der Waals surface area contributed by atoms with Crippen LogP contribution in [0, 0.1) is 0 Å². The fourth-order valence-electron chi connectivity index (χ4n) is 3.16. The van der Waals surface area contributed by atoms with Crippen LogP contribution in [0.15, 0.2) is 16.6 Å². The third kappa shape index (κ3) is 2.86. The van der Waals surface area contributed by atoms with Crippen LogP contribution in [0.25, 0.3) is 0 Å². The molecule has 4 nitrogen and oxygen atoms in total. The second-order valence-corrected chi connectivity index (χ2v) is 6.61. The fraction of sp³-hybridized carbons (Fsp3) is 0.600. The van der Waals surface area contributed by atoms with Crippen LogP contribution in [-0.4, -0.2) is 24.9 Å². The summed E-state index contributed by atoms with van der Waals surface area (Å²) in [5.74, 6) is 6.79. The highest BCUT2D eigenvalue weighted by atomic mass is 79.9. The van der Waals surface area contributed by atoms with Gasteiger partial charge in [-0.1, -0.05) is 15.9 Å². The lowest BCUT2D eigenvalue weighted by atomic mass is 9.97. The Kier molecular flexibility index (Phi) is 4.31. The Morgan fingerprint density at radius 1 is 1.45 bits per heavy atom. The number of halogens is 1. The predicted octanol–water partition coefficient (Wildman–Crippen LogP) is 2.33. The third-order valence-corrected chi connectivity index (χ3v) is 4.65. The Morgan fingerprint density at radius 2 is 2.30 bits per heavy atom. The number of benzene rings is 1. The summed E-state index contributed by atoms with van der Waals surface area (Å²) in [7, 11) is 0. The second kappa shape index (κ2) is 6.02. The topological polar surface area (TPSA) is 56.5 Å². The minimum atomic E-state index is 0.127. The Bertz CT molecular complexity index is 495. The molecule has 3 rings (SSSR count). The van der Waals surface area contributed by atoms with Crippen LogP contribution in [0.5, 0.6) is 5.75 Å². The van der Waals surface area contributed by atoms with Gasteiger partial charge in [0.1, 0.15) is 5.75 Å².